The molecule has 0 spiro atoms. The zero-order valence-corrected chi connectivity index (χ0v) is 9.17. The Bertz CT molecular complexity index is 439. The first-order chi connectivity index (χ1) is 7.86. The molecule has 0 fully saturated rings. The second-order valence-corrected chi connectivity index (χ2v) is 3.86. The molecule has 0 N–H and O–H groups in total. The Kier molecular flexibility index (Phi) is 3.54. The van der Waals surface area contributed by atoms with E-state index < -0.39 is 0 Å². The second-order valence-electron chi connectivity index (χ2n) is 3.86. The van der Waals surface area contributed by atoms with Crippen molar-refractivity contribution in [2.75, 3.05) is 0 Å². The van der Waals surface area contributed by atoms with Crippen molar-refractivity contribution in [3.63, 3.8) is 0 Å². The molecule has 1 aromatic heterocycles. The first kappa shape index (κ1) is 10.7. The van der Waals surface area contributed by atoms with Crippen LogP contribution in [0.15, 0.2) is 54.7 Å². The Labute approximate surface area is 95.8 Å². The molecule has 2 nitrogen and oxygen atoms in total. The van der Waals surface area contributed by atoms with Crippen molar-refractivity contribution in [2.24, 2.45) is 0 Å². The van der Waals surface area contributed by atoms with E-state index in [-0.39, 0.29) is 0 Å². The van der Waals surface area contributed by atoms with E-state index in [0.717, 1.165) is 29.7 Å². The highest BCUT2D eigenvalue weighted by atomic mass is 16.5. The molecule has 0 saturated carbocycles. The molecule has 1 aromatic carbocycles. The minimum Gasteiger partial charge on any atom is -0.619 e. The maximum absolute atomic E-state index is 11.4. The Morgan fingerprint density at radius 2 is 1.62 bits per heavy atom. The van der Waals surface area contributed by atoms with Gasteiger partial charge in [0.25, 0.3) is 0 Å². The molecule has 2 rings (SSSR count). The Hall–Kier alpha value is -1.83. The Morgan fingerprint density at radius 3 is 2.38 bits per heavy atom. The molecule has 0 bridgehead atoms. The molecule has 0 atom stereocenters. The van der Waals surface area contributed by atoms with E-state index in [1.54, 1.807) is 12.3 Å². The smallest absolute Gasteiger partial charge is 0.192 e. The highest BCUT2D eigenvalue weighted by molar-refractivity contribution is 5.14. The number of benzene rings is 1. The topological polar surface area (TPSA) is 26.9 Å². The fourth-order valence-corrected chi connectivity index (χ4v) is 1.78. The summed E-state index contributed by atoms with van der Waals surface area (Å²) >= 11 is 0. The van der Waals surface area contributed by atoms with E-state index in [0.29, 0.717) is 0 Å². The lowest BCUT2D eigenvalue weighted by molar-refractivity contribution is -0.614. The van der Waals surface area contributed by atoms with Crippen LogP contribution in [0.1, 0.15) is 17.7 Å². The Balaban J connectivity index is 1.87. The SMILES string of the molecule is [O-][n+]1ccccc1CCCc1ccccc1. The molecule has 0 aliphatic heterocycles. The average molecular weight is 213 g/mol. The lowest BCUT2D eigenvalue weighted by atomic mass is 10.1. The predicted octanol–water partition coefficient (Wildman–Crippen LogP) is 2.50. The van der Waals surface area contributed by atoms with Gasteiger partial charge in [0.1, 0.15) is 0 Å². The van der Waals surface area contributed by atoms with Gasteiger partial charge in [0, 0.05) is 18.6 Å². The fraction of sp³-hybridized carbons (Fsp3) is 0.214. The van der Waals surface area contributed by atoms with Gasteiger partial charge in [0.2, 0.25) is 0 Å². The molecule has 82 valence electrons. The molecule has 0 radical (unpaired) electrons. The fourth-order valence-electron chi connectivity index (χ4n) is 1.78. The third-order valence-electron chi connectivity index (χ3n) is 2.65. The maximum Gasteiger partial charge on any atom is 0.192 e. The zero-order valence-electron chi connectivity index (χ0n) is 9.17. The van der Waals surface area contributed by atoms with Crippen LogP contribution in [-0.4, -0.2) is 0 Å². The number of nitrogens with zero attached hydrogens (tertiary/aromatic N) is 1. The highest BCUT2D eigenvalue weighted by Gasteiger charge is 2.02. The van der Waals surface area contributed by atoms with E-state index in [2.05, 4.69) is 12.1 Å². The van der Waals surface area contributed by atoms with Gasteiger partial charge in [-0.3, -0.25) is 0 Å². The molecule has 2 heteroatoms. The van der Waals surface area contributed by atoms with Crippen molar-refractivity contribution in [2.45, 2.75) is 19.3 Å². The normalized spacial score (nSPS) is 10.2. The Morgan fingerprint density at radius 1 is 0.875 bits per heavy atom. The van der Waals surface area contributed by atoms with Crippen LogP contribution in [0.2, 0.25) is 0 Å². The van der Waals surface area contributed by atoms with Crippen molar-refractivity contribution in [1.82, 2.24) is 0 Å². The second kappa shape index (κ2) is 5.31. The van der Waals surface area contributed by atoms with Crippen LogP contribution in [0.4, 0.5) is 0 Å². The number of pyridine rings is 1. The summed E-state index contributed by atoms with van der Waals surface area (Å²) in [7, 11) is 0. The third kappa shape index (κ3) is 2.83. The van der Waals surface area contributed by atoms with Crippen molar-refractivity contribution < 1.29 is 4.73 Å². The van der Waals surface area contributed by atoms with Gasteiger partial charge < -0.3 is 5.21 Å². The van der Waals surface area contributed by atoms with Crippen LogP contribution in [0.5, 0.6) is 0 Å². The minimum absolute atomic E-state index is 0.833. The summed E-state index contributed by atoms with van der Waals surface area (Å²) in [6, 6.07) is 15.9. The largest absolute Gasteiger partial charge is 0.619 e. The van der Waals surface area contributed by atoms with E-state index in [1.165, 1.54) is 5.56 Å². The van der Waals surface area contributed by atoms with Crippen LogP contribution in [0.25, 0.3) is 0 Å². The average Bonchev–Trinajstić information content (AvgIpc) is 2.33. The molecule has 2 aromatic rings. The first-order valence-corrected chi connectivity index (χ1v) is 5.57. The van der Waals surface area contributed by atoms with Gasteiger partial charge in [0.05, 0.1) is 0 Å². The van der Waals surface area contributed by atoms with Crippen LogP contribution in [-0.2, 0) is 12.8 Å². The van der Waals surface area contributed by atoms with Crippen molar-refractivity contribution >= 4 is 0 Å². The maximum atomic E-state index is 11.4. The summed E-state index contributed by atoms with van der Waals surface area (Å²) in [5.41, 5.74) is 2.18. The summed E-state index contributed by atoms with van der Waals surface area (Å²) < 4.78 is 0.949. The number of rotatable bonds is 4. The van der Waals surface area contributed by atoms with Crippen LogP contribution in [0.3, 0.4) is 0 Å². The van der Waals surface area contributed by atoms with Gasteiger partial charge in [-0.25, -0.2) is 0 Å². The molecule has 0 amide bonds. The van der Waals surface area contributed by atoms with Gasteiger partial charge in [-0.1, -0.05) is 36.4 Å². The van der Waals surface area contributed by atoms with Crippen molar-refractivity contribution in [3.8, 4) is 0 Å². The molecule has 0 saturated heterocycles. The van der Waals surface area contributed by atoms with Crippen molar-refractivity contribution in [1.29, 1.82) is 0 Å². The van der Waals surface area contributed by atoms with E-state index in [4.69, 9.17) is 0 Å². The van der Waals surface area contributed by atoms with Gasteiger partial charge in [0.15, 0.2) is 11.9 Å². The molecule has 1 heterocycles. The predicted molar refractivity (Wildman–Crippen MR) is 63.9 cm³/mol. The molecule has 0 aliphatic carbocycles. The van der Waals surface area contributed by atoms with Crippen LogP contribution >= 0.6 is 0 Å². The number of aryl methyl sites for hydroxylation is 2. The van der Waals surface area contributed by atoms with E-state index in [9.17, 15) is 5.21 Å². The molecular formula is C14H15NO. The monoisotopic (exact) mass is 213 g/mol. The van der Waals surface area contributed by atoms with Crippen molar-refractivity contribution in [3.05, 3.63) is 71.2 Å². The van der Waals surface area contributed by atoms with Gasteiger partial charge in [-0.15, -0.1) is 0 Å². The lowest BCUT2D eigenvalue weighted by Crippen LogP contribution is -2.30. The lowest BCUT2D eigenvalue weighted by Gasteiger charge is -2.03. The summed E-state index contributed by atoms with van der Waals surface area (Å²) in [5, 5.41) is 11.4. The molecule has 0 unspecified atom stereocenters. The number of hydrogen-bond acceptors (Lipinski definition) is 1. The van der Waals surface area contributed by atoms with Crippen LogP contribution in [0, 0.1) is 5.21 Å². The van der Waals surface area contributed by atoms with Gasteiger partial charge >= 0.3 is 0 Å². The first-order valence-electron chi connectivity index (χ1n) is 5.57. The summed E-state index contributed by atoms with van der Waals surface area (Å²) in [4.78, 5) is 0. The van der Waals surface area contributed by atoms with Crippen LogP contribution < -0.4 is 4.73 Å². The van der Waals surface area contributed by atoms with E-state index in [1.807, 2.05) is 30.3 Å². The highest BCUT2D eigenvalue weighted by Crippen LogP contribution is 2.05. The third-order valence-corrected chi connectivity index (χ3v) is 2.65. The minimum atomic E-state index is 0.833. The molecular weight excluding hydrogens is 198 g/mol. The summed E-state index contributed by atoms with van der Waals surface area (Å²) in [6.07, 6.45) is 4.42. The molecule has 0 aliphatic rings. The summed E-state index contributed by atoms with van der Waals surface area (Å²) in [6.45, 7) is 0. The standard InChI is InChI=1S/C14H15NO/c16-15-12-5-4-10-14(15)11-6-9-13-7-2-1-3-8-13/h1-5,7-8,10,12H,6,9,11H2. The quantitative estimate of drug-likeness (QED) is 0.566. The van der Waals surface area contributed by atoms with E-state index >= 15 is 0 Å². The van der Waals surface area contributed by atoms with Gasteiger partial charge in [-0.05, 0) is 18.4 Å². The van der Waals surface area contributed by atoms with Gasteiger partial charge in [-0.2, -0.15) is 4.73 Å². The zero-order chi connectivity index (χ0) is 11.2. The summed E-state index contributed by atoms with van der Waals surface area (Å²) in [5.74, 6) is 0. The number of hydrogen-bond donors (Lipinski definition) is 0. The molecule has 16 heavy (non-hydrogen) atoms. The number of aromatic nitrogens is 1.